The molecule has 5 nitrogen and oxygen atoms in total. The van der Waals surface area contributed by atoms with Gasteiger partial charge in [0.1, 0.15) is 11.5 Å². The van der Waals surface area contributed by atoms with Gasteiger partial charge in [-0.3, -0.25) is 4.79 Å². The third-order valence-electron chi connectivity index (χ3n) is 3.88. The minimum atomic E-state index is -0.321. The molecule has 1 aromatic heterocycles. The first-order valence-electron chi connectivity index (χ1n) is 9.07. The molecular formula is C22H22N2O3S. The van der Waals surface area contributed by atoms with Gasteiger partial charge in [-0.2, -0.15) is 4.99 Å². The Kier molecular flexibility index (Phi) is 6.17. The van der Waals surface area contributed by atoms with Gasteiger partial charge in [-0.15, -0.1) is 6.42 Å². The highest BCUT2D eigenvalue weighted by molar-refractivity contribution is 7.16. The lowest BCUT2D eigenvalue weighted by Crippen LogP contribution is -2.16. The number of aromatic nitrogens is 1. The average molecular weight is 394 g/mol. The number of carbonyl (C=O) groups excluding carboxylic acids is 1. The number of benzene rings is 2. The molecule has 1 heterocycles. The lowest BCUT2D eigenvalue weighted by atomic mass is 10.2. The average Bonchev–Trinajstić information content (AvgIpc) is 2.99. The van der Waals surface area contributed by atoms with Gasteiger partial charge in [0.25, 0.3) is 5.91 Å². The molecule has 0 unspecified atom stereocenters. The summed E-state index contributed by atoms with van der Waals surface area (Å²) >= 11 is 1.41. The number of rotatable bonds is 6. The van der Waals surface area contributed by atoms with Crippen LogP contribution in [0.25, 0.3) is 10.2 Å². The maximum absolute atomic E-state index is 12.7. The highest BCUT2D eigenvalue weighted by atomic mass is 32.1. The zero-order valence-corrected chi connectivity index (χ0v) is 17.0. The zero-order chi connectivity index (χ0) is 20.1. The standard InChI is InChI=1S/C22H22N2O3S/c1-5-13-24-19-12-11-18(26-6-2)14-20(19)28-22(24)23-21(25)16-7-9-17(10-8-16)27-15(3)4/h1,7-12,14-15H,6,13H2,2-4H3. The van der Waals surface area contributed by atoms with Gasteiger partial charge in [0.05, 0.1) is 29.5 Å². The van der Waals surface area contributed by atoms with Crippen LogP contribution in [0, 0.1) is 12.3 Å². The molecule has 0 aliphatic heterocycles. The van der Waals surface area contributed by atoms with Gasteiger partial charge in [0.2, 0.25) is 0 Å². The first-order chi connectivity index (χ1) is 13.5. The van der Waals surface area contributed by atoms with Crippen LogP contribution in [-0.4, -0.2) is 23.2 Å². The Morgan fingerprint density at radius 3 is 2.57 bits per heavy atom. The van der Waals surface area contributed by atoms with Crippen LogP contribution in [0.1, 0.15) is 31.1 Å². The number of hydrogen-bond acceptors (Lipinski definition) is 4. The number of carbonyl (C=O) groups is 1. The van der Waals surface area contributed by atoms with Gasteiger partial charge in [-0.25, -0.2) is 0 Å². The van der Waals surface area contributed by atoms with Crippen molar-refractivity contribution in [2.75, 3.05) is 6.61 Å². The molecule has 6 heteroatoms. The maximum atomic E-state index is 12.7. The lowest BCUT2D eigenvalue weighted by molar-refractivity contribution is 0.0998. The van der Waals surface area contributed by atoms with E-state index in [1.54, 1.807) is 24.3 Å². The van der Waals surface area contributed by atoms with Crippen molar-refractivity contribution in [3.63, 3.8) is 0 Å². The van der Waals surface area contributed by atoms with Crippen LogP contribution in [0.4, 0.5) is 0 Å². The maximum Gasteiger partial charge on any atom is 0.279 e. The highest BCUT2D eigenvalue weighted by Crippen LogP contribution is 2.23. The van der Waals surface area contributed by atoms with E-state index in [1.165, 1.54) is 11.3 Å². The first kappa shape index (κ1) is 19.7. The molecule has 1 amide bonds. The number of fused-ring (bicyclic) bond motifs is 1. The molecule has 0 bridgehead atoms. The third kappa shape index (κ3) is 4.44. The fourth-order valence-electron chi connectivity index (χ4n) is 2.74. The molecule has 0 atom stereocenters. The lowest BCUT2D eigenvalue weighted by Gasteiger charge is -2.09. The van der Waals surface area contributed by atoms with Crippen molar-refractivity contribution < 1.29 is 14.3 Å². The molecule has 28 heavy (non-hydrogen) atoms. The number of terminal acetylenes is 1. The quantitative estimate of drug-likeness (QED) is 0.587. The Balaban J connectivity index is 1.98. The minimum absolute atomic E-state index is 0.0779. The number of ether oxygens (including phenoxy) is 2. The normalized spacial score (nSPS) is 11.6. The Morgan fingerprint density at radius 1 is 1.21 bits per heavy atom. The molecule has 0 fully saturated rings. The van der Waals surface area contributed by atoms with Crippen molar-refractivity contribution >= 4 is 27.5 Å². The largest absolute Gasteiger partial charge is 0.494 e. The summed E-state index contributed by atoms with van der Waals surface area (Å²) in [5.41, 5.74) is 1.43. The molecule has 3 rings (SSSR count). The number of nitrogens with zero attached hydrogens (tertiary/aromatic N) is 2. The fraction of sp³-hybridized carbons (Fsp3) is 0.273. The number of amides is 1. The van der Waals surface area contributed by atoms with Gasteiger partial charge >= 0.3 is 0 Å². The van der Waals surface area contributed by atoms with Crippen LogP contribution in [0.3, 0.4) is 0 Å². The highest BCUT2D eigenvalue weighted by Gasteiger charge is 2.10. The molecule has 0 saturated heterocycles. The Morgan fingerprint density at radius 2 is 1.93 bits per heavy atom. The zero-order valence-electron chi connectivity index (χ0n) is 16.1. The molecule has 0 spiro atoms. The summed E-state index contributed by atoms with van der Waals surface area (Å²) in [5, 5.41) is 0. The topological polar surface area (TPSA) is 52.8 Å². The van der Waals surface area contributed by atoms with Gasteiger partial charge in [-0.1, -0.05) is 17.3 Å². The predicted octanol–water partition coefficient (Wildman–Crippen LogP) is 4.26. The van der Waals surface area contributed by atoms with E-state index in [-0.39, 0.29) is 12.0 Å². The van der Waals surface area contributed by atoms with E-state index in [0.717, 1.165) is 21.7 Å². The van der Waals surface area contributed by atoms with Crippen LogP contribution >= 0.6 is 11.3 Å². The fourth-order valence-corrected chi connectivity index (χ4v) is 3.80. The van der Waals surface area contributed by atoms with E-state index in [9.17, 15) is 4.79 Å². The molecule has 0 saturated carbocycles. The van der Waals surface area contributed by atoms with Gasteiger partial charge in [0, 0.05) is 5.56 Å². The molecule has 3 aromatic rings. The van der Waals surface area contributed by atoms with Crippen molar-refractivity contribution in [3.8, 4) is 23.8 Å². The number of hydrogen-bond donors (Lipinski definition) is 0. The van der Waals surface area contributed by atoms with Gasteiger partial charge in [-0.05, 0) is 63.2 Å². The summed E-state index contributed by atoms with van der Waals surface area (Å²) in [6.07, 6.45) is 5.60. The number of thiazole rings is 1. The van der Waals surface area contributed by atoms with Crippen LogP contribution in [0.5, 0.6) is 11.5 Å². The van der Waals surface area contributed by atoms with E-state index in [0.29, 0.717) is 23.5 Å². The second kappa shape index (κ2) is 8.77. The summed E-state index contributed by atoms with van der Waals surface area (Å²) in [7, 11) is 0. The monoisotopic (exact) mass is 394 g/mol. The van der Waals surface area contributed by atoms with E-state index in [1.807, 2.05) is 43.5 Å². The molecular weight excluding hydrogens is 372 g/mol. The molecule has 2 aromatic carbocycles. The summed E-state index contributed by atoms with van der Waals surface area (Å²) in [5.74, 6) is 3.81. The molecule has 0 radical (unpaired) electrons. The second-order valence-electron chi connectivity index (χ2n) is 6.35. The minimum Gasteiger partial charge on any atom is -0.494 e. The van der Waals surface area contributed by atoms with Crippen molar-refractivity contribution in [3.05, 3.63) is 52.8 Å². The smallest absolute Gasteiger partial charge is 0.279 e. The Hall–Kier alpha value is -3.04. The third-order valence-corrected chi connectivity index (χ3v) is 4.93. The van der Waals surface area contributed by atoms with Crippen molar-refractivity contribution in [1.82, 2.24) is 4.57 Å². The van der Waals surface area contributed by atoms with Gasteiger partial charge in [0.15, 0.2) is 4.80 Å². The Bertz CT molecular complexity index is 1090. The van der Waals surface area contributed by atoms with E-state index >= 15 is 0 Å². The van der Waals surface area contributed by atoms with E-state index < -0.39 is 0 Å². The van der Waals surface area contributed by atoms with Crippen LogP contribution < -0.4 is 14.3 Å². The summed E-state index contributed by atoms with van der Waals surface area (Å²) in [6.45, 7) is 6.77. The van der Waals surface area contributed by atoms with E-state index in [2.05, 4.69) is 10.9 Å². The van der Waals surface area contributed by atoms with Gasteiger partial charge < -0.3 is 14.0 Å². The van der Waals surface area contributed by atoms with Crippen molar-refractivity contribution in [2.45, 2.75) is 33.4 Å². The first-order valence-corrected chi connectivity index (χ1v) is 9.89. The molecule has 0 aliphatic rings. The summed E-state index contributed by atoms with van der Waals surface area (Å²) < 4.78 is 14.0. The molecule has 0 aliphatic carbocycles. The summed E-state index contributed by atoms with van der Waals surface area (Å²) in [4.78, 5) is 17.5. The van der Waals surface area contributed by atoms with Crippen LogP contribution in [0.15, 0.2) is 47.5 Å². The Labute approximate surface area is 168 Å². The molecule has 144 valence electrons. The molecule has 0 N–H and O–H groups in total. The van der Waals surface area contributed by atoms with Crippen molar-refractivity contribution in [2.24, 2.45) is 4.99 Å². The predicted molar refractivity (Wildman–Crippen MR) is 112 cm³/mol. The van der Waals surface area contributed by atoms with Crippen LogP contribution in [-0.2, 0) is 6.54 Å². The van der Waals surface area contributed by atoms with E-state index in [4.69, 9.17) is 15.9 Å². The summed E-state index contributed by atoms with van der Waals surface area (Å²) in [6, 6.07) is 12.8. The van der Waals surface area contributed by atoms with Crippen LogP contribution in [0.2, 0.25) is 0 Å². The van der Waals surface area contributed by atoms with Crippen molar-refractivity contribution in [1.29, 1.82) is 0 Å². The SMILES string of the molecule is C#CCn1c(=NC(=O)c2ccc(OC(C)C)cc2)sc2cc(OCC)ccc21. The second-order valence-corrected chi connectivity index (χ2v) is 7.35.